The van der Waals surface area contributed by atoms with Gasteiger partial charge in [-0.3, -0.25) is 14.0 Å². The summed E-state index contributed by atoms with van der Waals surface area (Å²) in [6.07, 6.45) is 4.71. The number of nitrogens with two attached hydrogens (primary N) is 1. The van der Waals surface area contributed by atoms with Gasteiger partial charge in [-0.1, -0.05) is 6.42 Å². The molecule has 1 aromatic carbocycles. The number of pyridine rings is 1. The maximum Gasteiger partial charge on any atom is 0.347 e. The maximum absolute atomic E-state index is 13.9. The topological polar surface area (TPSA) is 127 Å². The monoisotopic (exact) mass is 571 g/mol. The molecule has 4 heterocycles. The van der Waals surface area contributed by atoms with Crippen molar-refractivity contribution in [1.82, 2.24) is 19.1 Å². The highest BCUT2D eigenvalue weighted by molar-refractivity contribution is 7.91. The van der Waals surface area contributed by atoms with Crippen LogP contribution in [0.4, 0.5) is 15.8 Å². The van der Waals surface area contributed by atoms with Crippen LogP contribution in [0, 0.1) is 5.82 Å². The van der Waals surface area contributed by atoms with Crippen molar-refractivity contribution in [2.45, 2.75) is 44.1 Å². The number of hydrogen-bond acceptors (Lipinski definition) is 8. The fourth-order valence-corrected chi connectivity index (χ4v) is 7.08. The number of benzene rings is 1. The minimum absolute atomic E-state index is 0.0150. The van der Waals surface area contributed by atoms with Crippen molar-refractivity contribution in [3.05, 3.63) is 47.5 Å². The molecule has 1 aliphatic carbocycles. The molecular formula is C27H34FN7O4S. The molecule has 214 valence electrons. The minimum Gasteiger partial charge on any atom is -0.379 e. The largest absolute Gasteiger partial charge is 0.379 e. The molecule has 2 saturated heterocycles. The van der Waals surface area contributed by atoms with E-state index in [-0.39, 0.29) is 22.9 Å². The Morgan fingerprint density at radius 2 is 1.75 bits per heavy atom. The van der Waals surface area contributed by atoms with Crippen molar-refractivity contribution in [1.29, 1.82) is 0 Å². The average Bonchev–Trinajstić information content (AvgIpc) is 3.32. The molecule has 13 heteroatoms. The molecule has 11 nitrogen and oxygen atoms in total. The highest BCUT2D eigenvalue weighted by Crippen LogP contribution is 2.43. The Morgan fingerprint density at radius 3 is 2.35 bits per heavy atom. The van der Waals surface area contributed by atoms with Gasteiger partial charge in [-0.25, -0.2) is 9.37 Å². The maximum atomic E-state index is 13.9. The van der Waals surface area contributed by atoms with Gasteiger partial charge in [0.2, 0.25) is 0 Å². The lowest BCUT2D eigenvalue weighted by Crippen LogP contribution is -2.49. The van der Waals surface area contributed by atoms with E-state index in [9.17, 15) is 17.6 Å². The Kier molecular flexibility index (Phi) is 7.13. The number of amides is 1. The highest BCUT2D eigenvalue weighted by atomic mass is 32.2. The number of anilines is 2. The van der Waals surface area contributed by atoms with Gasteiger partial charge in [-0.15, -0.1) is 4.09 Å². The molecule has 40 heavy (non-hydrogen) atoms. The van der Waals surface area contributed by atoms with E-state index in [4.69, 9.17) is 10.5 Å². The number of morpholine rings is 1. The molecule has 2 aromatic heterocycles. The molecule has 0 unspecified atom stereocenters. The second kappa shape index (κ2) is 10.6. The second-order valence-electron chi connectivity index (χ2n) is 10.8. The van der Waals surface area contributed by atoms with Gasteiger partial charge >= 0.3 is 10.2 Å². The van der Waals surface area contributed by atoms with Gasteiger partial charge in [-0.2, -0.15) is 13.5 Å². The van der Waals surface area contributed by atoms with Crippen molar-refractivity contribution >= 4 is 38.5 Å². The lowest BCUT2D eigenvalue weighted by atomic mass is 9.82. The molecule has 1 saturated carbocycles. The lowest BCUT2D eigenvalue weighted by molar-refractivity contribution is 0.0115. The number of piperidine rings is 1. The number of nitrogens with zero attached hydrogens (tertiary/aromatic N) is 6. The molecular weight excluding hydrogens is 537 g/mol. The fraction of sp³-hybridized carbons (Fsp3) is 0.519. The summed E-state index contributed by atoms with van der Waals surface area (Å²) < 4.78 is 48.8. The number of ether oxygens (including phenoxy) is 1. The molecule has 2 aliphatic heterocycles. The summed E-state index contributed by atoms with van der Waals surface area (Å²) in [7, 11) is -2.89. The van der Waals surface area contributed by atoms with Crippen molar-refractivity contribution in [3.8, 4) is 0 Å². The first-order valence-electron chi connectivity index (χ1n) is 13.8. The number of hydrogen-bond donors (Lipinski definition) is 1. The van der Waals surface area contributed by atoms with Gasteiger partial charge in [0, 0.05) is 45.2 Å². The molecule has 0 bridgehead atoms. The zero-order valence-corrected chi connectivity index (χ0v) is 23.3. The third kappa shape index (κ3) is 4.79. The van der Waals surface area contributed by atoms with E-state index in [2.05, 4.69) is 19.9 Å². The van der Waals surface area contributed by atoms with E-state index in [0.29, 0.717) is 17.1 Å². The Bertz CT molecular complexity index is 1510. The fourth-order valence-electron chi connectivity index (χ4n) is 5.92. The van der Waals surface area contributed by atoms with Crippen LogP contribution in [0.2, 0.25) is 0 Å². The molecule has 3 aromatic rings. The number of primary amides is 1. The van der Waals surface area contributed by atoms with E-state index >= 15 is 0 Å². The second-order valence-corrected chi connectivity index (χ2v) is 12.6. The summed E-state index contributed by atoms with van der Waals surface area (Å²) in [6.45, 7) is 4.84. The van der Waals surface area contributed by atoms with Crippen LogP contribution in [-0.4, -0.2) is 85.9 Å². The lowest BCUT2D eigenvalue weighted by Gasteiger charge is -2.41. The standard InChI is InChI=1S/C27H34FN7O4S/c1-32(20-7-5-19(28)6-8-20)40(37,38)35-27-24(25(31-35)18-3-2-4-18)23(17-22(30-27)26(29)36)34-11-9-21(10-12-34)33-13-15-39-16-14-33/h5-8,17-18,21H,2-4,9-16H2,1H3,(H2,29,36). The van der Waals surface area contributed by atoms with Gasteiger partial charge in [0.1, 0.15) is 11.5 Å². The number of aromatic nitrogens is 3. The molecule has 6 rings (SSSR count). The molecule has 0 atom stereocenters. The zero-order chi connectivity index (χ0) is 28.0. The van der Waals surface area contributed by atoms with Crippen LogP contribution < -0.4 is 14.9 Å². The Balaban J connectivity index is 1.43. The predicted molar refractivity (Wildman–Crippen MR) is 149 cm³/mol. The first kappa shape index (κ1) is 26.9. The molecule has 3 aliphatic rings. The third-order valence-electron chi connectivity index (χ3n) is 8.48. The normalized spacial score (nSPS) is 19.6. The van der Waals surface area contributed by atoms with Gasteiger partial charge in [-0.05, 0) is 56.0 Å². The van der Waals surface area contributed by atoms with E-state index in [1.165, 1.54) is 31.3 Å². The van der Waals surface area contributed by atoms with Crippen LogP contribution in [-0.2, 0) is 14.9 Å². The van der Waals surface area contributed by atoms with Gasteiger partial charge in [0.25, 0.3) is 5.91 Å². The number of halogens is 1. The van der Waals surface area contributed by atoms with Crippen LogP contribution in [0.5, 0.6) is 0 Å². The van der Waals surface area contributed by atoms with Crippen LogP contribution in [0.25, 0.3) is 11.0 Å². The van der Waals surface area contributed by atoms with E-state index in [1.54, 1.807) is 6.07 Å². The highest BCUT2D eigenvalue weighted by Gasteiger charge is 2.35. The zero-order valence-electron chi connectivity index (χ0n) is 22.5. The van der Waals surface area contributed by atoms with Crippen molar-refractivity contribution < 1.29 is 22.3 Å². The smallest absolute Gasteiger partial charge is 0.347 e. The minimum atomic E-state index is -4.28. The van der Waals surface area contributed by atoms with E-state index < -0.39 is 21.9 Å². The van der Waals surface area contributed by atoms with Crippen LogP contribution in [0.1, 0.15) is 54.2 Å². The summed E-state index contributed by atoms with van der Waals surface area (Å²) >= 11 is 0. The molecule has 0 spiro atoms. The Hall–Kier alpha value is -3.29. The van der Waals surface area contributed by atoms with Gasteiger partial charge in [0.15, 0.2) is 5.65 Å². The van der Waals surface area contributed by atoms with Gasteiger partial charge < -0.3 is 15.4 Å². The average molecular weight is 572 g/mol. The number of carbonyl (C=O) groups is 1. The summed E-state index contributed by atoms with van der Waals surface area (Å²) in [6, 6.07) is 7.31. The van der Waals surface area contributed by atoms with E-state index in [1.807, 2.05) is 0 Å². The van der Waals surface area contributed by atoms with Crippen LogP contribution >= 0.6 is 0 Å². The van der Waals surface area contributed by atoms with Crippen molar-refractivity contribution in [3.63, 3.8) is 0 Å². The first-order valence-corrected chi connectivity index (χ1v) is 15.2. The predicted octanol–water partition coefficient (Wildman–Crippen LogP) is 2.47. The van der Waals surface area contributed by atoms with Crippen molar-refractivity contribution in [2.75, 3.05) is 55.6 Å². The molecule has 0 radical (unpaired) electrons. The van der Waals surface area contributed by atoms with Crippen molar-refractivity contribution in [2.24, 2.45) is 5.73 Å². The summed E-state index contributed by atoms with van der Waals surface area (Å²) in [5, 5.41) is 5.29. The SMILES string of the molecule is CN(c1ccc(F)cc1)S(=O)(=O)n1nc(C2CCC2)c2c(N3CCC(N4CCOCC4)CC3)cc(C(N)=O)nc21. The third-order valence-corrected chi connectivity index (χ3v) is 10.1. The summed E-state index contributed by atoms with van der Waals surface area (Å²) in [4.78, 5) is 21.5. The van der Waals surface area contributed by atoms with E-state index in [0.717, 1.165) is 85.6 Å². The Labute approximate surface area is 232 Å². The first-order chi connectivity index (χ1) is 19.2. The van der Waals surface area contributed by atoms with Crippen LogP contribution in [0.15, 0.2) is 30.3 Å². The molecule has 3 fully saturated rings. The molecule has 2 N–H and O–H groups in total. The van der Waals surface area contributed by atoms with Gasteiger partial charge in [0.05, 0.1) is 35.7 Å². The van der Waals surface area contributed by atoms with Crippen LogP contribution in [0.3, 0.4) is 0 Å². The quantitative estimate of drug-likeness (QED) is 0.458. The number of rotatable bonds is 7. The summed E-state index contributed by atoms with van der Waals surface area (Å²) in [5.74, 6) is -1.12. The summed E-state index contributed by atoms with van der Waals surface area (Å²) in [5.41, 5.74) is 7.44. The number of carbonyl (C=O) groups excluding carboxylic acids is 1. The Morgan fingerprint density at radius 1 is 1.07 bits per heavy atom. The number of fused-ring (bicyclic) bond motifs is 1. The molecule has 1 amide bonds.